The van der Waals surface area contributed by atoms with Gasteiger partial charge in [0, 0.05) is 5.41 Å². The van der Waals surface area contributed by atoms with Crippen LogP contribution in [0.25, 0.3) is 5.57 Å². The maximum Gasteiger partial charge on any atom is 0.0102 e. The van der Waals surface area contributed by atoms with Crippen molar-refractivity contribution in [2.75, 3.05) is 0 Å². The summed E-state index contributed by atoms with van der Waals surface area (Å²) in [4.78, 5) is 0. The Balaban J connectivity index is 2.26. The summed E-state index contributed by atoms with van der Waals surface area (Å²) in [5.74, 6) is 0. The van der Waals surface area contributed by atoms with Gasteiger partial charge >= 0.3 is 0 Å². The second-order valence-electron chi connectivity index (χ2n) is 4.78. The van der Waals surface area contributed by atoms with Gasteiger partial charge in [-0.15, -0.1) is 6.58 Å². The molecule has 0 saturated heterocycles. The van der Waals surface area contributed by atoms with Crippen LogP contribution in [0.2, 0.25) is 0 Å². The number of hydrogen-bond acceptors (Lipinski definition) is 0. The molecule has 0 saturated carbocycles. The monoisotopic (exact) mass is 224 g/mol. The van der Waals surface area contributed by atoms with Crippen LogP contribution < -0.4 is 0 Å². The molecule has 1 unspecified atom stereocenters. The molecule has 0 aromatic heterocycles. The van der Waals surface area contributed by atoms with Crippen molar-refractivity contribution in [1.82, 2.24) is 0 Å². The van der Waals surface area contributed by atoms with Crippen molar-refractivity contribution in [2.24, 2.45) is 5.41 Å². The zero-order valence-electron chi connectivity index (χ0n) is 10.5. The molecule has 1 aromatic carbocycles. The van der Waals surface area contributed by atoms with Crippen molar-refractivity contribution in [3.63, 3.8) is 0 Å². The Labute approximate surface area is 104 Å². The van der Waals surface area contributed by atoms with E-state index in [1.54, 1.807) is 0 Å². The molecule has 0 amide bonds. The van der Waals surface area contributed by atoms with Crippen LogP contribution in [0.4, 0.5) is 0 Å². The highest BCUT2D eigenvalue weighted by molar-refractivity contribution is 5.69. The highest BCUT2D eigenvalue weighted by atomic mass is 14.3. The number of hydrogen-bond donors (Lipinski definition) is 0. The molecule has 0 heterocycles. The lowest BCUT2D eigenvalue weighted by Gasteiger charge is -2.30. The van der Waals surface area contributed by atoms with Crippen LogP contribution in [0.15, 0.2) is 61.2 Å². The molecular formula is C17H20. The van der Waals surface area contributed by atoms with Crippen molar-refractivity contribution in [3.8, 4) is 0 Å². The number of rotatable bonds is 4. The Hall–Kier alpha value is -1.56. The minimum absolute atomic E-state index is 0.161. The van der Waals surface area contributed by atoms with E-state index in [0.29, 0.717) is 0 Å². The summed E-state index contributed by atoms with van der Waals surface area (Å²) < 4.78 is 0. The van der Waals surface area contributed by atoms with Gasteiger partial charge in [0.25, 0.3) is 0 Å². The molecule has 17 heavy (non-hydrogen) atoms. The van der Waals surface area contributed by atoms with Crippen LogP contribution >= 0.6 is 0 Å². The van der Waals surface area contributed by atoms with Crippen LogP contribution in [0, 0.1) is 5.41 Å². The SMILES string of the molecule is C=CC1(CCC)C=CC=C(c2ccccc2)C1. The van der Waals surface area contributed by atoms with Gasteiger partial charge in [-0.3, -0.25) is 0 Å². The molecule has 1 aliphatic rings. The van der Waals surface area contributed by atoms with Crippen LogP contribution in [0.3, 0.4) is 0 Å². The van der Waals surface area contributed by atoms with E-state index < -0.39 is 0 Å². The zero-order valence-corrected chi connectivity index (χ0v) is 10.5. The Morgan fingerprint density at radius 3 is 2.71 bits per heavy atom. The predicted molar refractivity (Wildman–Crippen MR) is 75.7 cm³/mol. The standard InChI is InChI=1S/C17H20/c1-3-12-17(4-2)13-8-11-16(14-17)15-9-6-5-7-10-15/h4-11,13H,2-3,12,14H2,1H3. The number of benzene rings is 1. The highest BCUT2D eigenvalue weighted by Gasteiger charge is 2.25. The highest BCUT2D eigenvalue weighted by Crippen LogP contribution is 2.40. The van der Waals surface area contributed by atoms with Crippen LogP contribution in [-0.4, -0.2) is 0 Å². The summed E-state index contributed by atoms with van der Waals surface area (Å²) in [5, 5.41) is 0. The third-order valence-electron chi connectivity index (χ3n) is 3.51. The first kappa shape index (κ1) is 11.9. The summed E-state index contributed by atoms with van der Waals surface area (Å²) in [6.45, 7) is 6.26. The van der Waals surface area contributed by atoms with Crippen molar-refractivity contribution in [3.05, 3.63) is 66.8 Å². The molecule has 0 spiro atoms. The summed E-state index contributed by atoms with van der Waals surface area (Å²) in [6, 6.07) is 10.6. The molecule has 0 radical (unpaired) electrons. The molecule has 2 rings (SSSR count). The lowest BCUT2D eigenvalue weighted by molar-refractivity contribution is 0.453. The molecule has 1 atom stereocenters. The third-order valence-corrected chi connectivity index (χ3v) is 3.51. The molecule has 1 aromatic rings. The summed E-state index contributed by atoms with van der Waals surface area (Å²) in [7, 11) is 0. The molecule has 0 aliphatic heterocycles. The fourth-order valence-corrected chi connectivity index (χ4v) is 2.56. The molecule has 0 nitrogen and oxygen atoms in total. The first-order chi connectivity index (χ1) is 8.29. The van der Waals surface area contributed by atoms with Gasteiger partial charge in [0.15, 0.2) is 0 Å². The van der Waals surface area contributed by atoms with Gasteiger partial charge in [0.05, 0.1) is 0 Å². The predicted octanol–water partition coefficient (Wildman–Crippen LogP) is 5.00. The van der Waals surface area contributed by atoms with Crippen LogP contribution in [0.5, 0.6) is 0 Å². The summed E-state index contributed by atoms with van der Waals surface area (Å²) in [6.07, 6.45) is 12.3. The minimum Gasteiger partial charge on any atom is -0.102 e. The maximum atomic E-state index is 4.02. The van der Waals surface area contributed by atoms with E-state index >= 15 is 0 Å². The average molecular weight is 224 g/mol. The van der Waals surface area contributed by atoms with E-state index in [1.807, 2.05) is 0 Å². The van der Waals surface area contributed by atoms with Gasteiger partial charge in [0.2, 0.25) is 0 Å². The second-order valence-corrected chi connectivity index (χ2v) is 4.78. The third kappa shape index (κ3) is 2.58. The van der Waals surface area contributed by atoms with Gasteiger partial charge in [-0.1, -0.05) is 68.0 Å². The quantitative estimate of drug-likeness (QED) is 0.631. The molecular weight excluding hydrogens is 204 g/mol. The maximum absolute atomic E-state index is 4.02. The number of allylic oxidation sites excluding steroid dienone is 5. The zero-order chi connectivity index (χ0) is 12.1. The second kappa shape index (κ2) is 5.18. The van der Waals surface area contributed by atoms with Crippen molar-refractivity contribution in [2.45, 2.75) is 26.2 Å². The van der Waals surface area contributed by atoms with E-state index in [2.05, 4.69) is 68.1 Å². The fraction of sp³-hybridized carbons (Fsp3) is 0.294. The topological polar surface area (TPSA) is 0 Å². The molecule has 0 bridgehead atoms. The van der Waals surface area contributed by atoms with Crippen molar-refractivity contribution < 1.29 is 0 Å². The van der Waals surface area contributed by atoms with Gasteiger partial charge < -0.3 is 0 Å². The fourth-order valence-electron chi connectivity index (χ4n) is 2.56. The van der Waals surface area contributed by atoms with Crippen molar-refractivity contribution in [1.29, 1.82) is 0 Å². The van der Waals surface area contributed by atoms with E-state index in [9.17, 15) is 0 Å². The van der Waals surface area contributed by atoms with E-state index in [4.69, 9.17) is 0 Å². The molecule has 0 N–H and O–H groups in total. The lowest BCUT2D eigenvalue weighted by Crippen LogP contribution is -2.17. The van der Waals surface area contributed by atoms with Gasteiger partial charge in [0.1, 0.15) is 0 Å². The van der Waals surface area contributed by atoms with E-state index in [1.165, 1.54) is 24.0 Å². The van der Waals surface area contributed by atoms with Crippen molar-refractivity contribution >= 4 is 5.57 Å². The minimum atomic E-state index is 0.161. The Kier molecular flexibility index (Phi) is 3.63. The van der Waals surface area contributed by atoms with Crippen LogP contribution in [0.1, 0.15) is 31.7 Å². The molecule has 0 fully saturated rings. The van der Waals surface area contributed by atoms with Gasteiger partial charge in [-0.25, -0.2) is 0 Å². The lowest BCUT2D eigenvalue weighted by atomic mass is 9.74. The molecule has 88 valence electrons. The van der Waals surface area contributed by atoms with E-state index in [0.717, 1.165) is 6.42 Å². The summed E-state index contributed by atoms with van der Waals surface area (Å²) >= 11 is 0. The first-order valence-corrected chi connectivity index (χ1v) is 6.37. The van der Waals surface area contributed by atoms with Gasteiger partial charge in [-0.05, 0) is 24.0 Å². The molecule has 1 aliphatic carbocycles. The van der Waals surface area contributed by atoms with Gasteiger partial charge in [-0.2, -0.15) is 0 Å². The first-order valence-electron chi connectivity index (χ1n) is 6.37. The molecule has 0 heteroatoms. The summed E-state index contributed by atoms with van der Waals surface area (Å²) in [5.41, 5.74) is 2.91. The average Bonchev–Trinajstić information content (AvgIpc) is 2.40. The normalized spacial score (nSPS) is 23.2. The Morgan fingerprint density at radius 2 is 2.06 bits per heavy atom. The Morgan fingerprint density at radius 1 is 1.29 bits per heavy atom. The van der Waals surface area contributed by atoms with Crippen LogP contribution in [-0.2, 0) is 0 Å². The van der Waals surface area contributed by atoms with E-state index in [-0.39, 0.29) is 5.41 Å². The Bertz CT molecular complexity index is 436. The largest absolute Gasteiger partial charge is 0.102 e. The smallest absolute Gasteiger partial charge is 0.0102 e.